The molecule has 2 aliphatic heterocycles. The first-order valence-electron chi connectivity index (χ1n) is 9.02. The summed E-state index contributed by atoms with van der Waals surface area (Å²) >= 11 is 0. The molecule has 1 aliphatic carbocycles. The van der Waals surface area contributed by atoms with E-state index >= 15 is 0 Å². The summed E-state index contributed by atoms with van der Waals surface area (Å²) < 4.78 is 5.52. The normalized spacial score (nSPS) is 20.3. The Morgan fingerprint density at radius 1 is 1.08 bits per heavy atom. The maximum atomic E-state index is 12.6. The first-order chi connectivity index (χ1) is 11.7. The van der Waals surface area contributed by atoms with Gasteiger partial charge >= 0.3 is 0 Å². The molecule has 2 amide bonds. The standard InChI is InChI=1S/C19H24N2O3/c22-18(13-14-2-5-17-16(12-14)6-11-24-17)20-7-1-8-21(10-9-20)19(23)15-3-4-15/h2,5,12,15H,1,3-4,6-11,13H2. The molecule has 1 aromatic rings. The van der Waals surface area contributed by atoms with Crippen molar-refractivity contribution in [2.45, 2.75) is 32.1 Å². The molecule has 1 saturated carbocycles. The molecule has 2 heterocycles. The summed E-state index contributed by atoms with van der Waals surface area (Å²) in [5.74, 6) is 1.67. The SMILES string of the molecule is O=C(Cc1ccc2c(c1)CCO2)N1CCCN(C(=O)C2CC2)CC1. The third-order valence-electron chi connectivity index (χ3n) is 5.20. The molecule has 1 aromatic carbocycles. The number of nitrogens with zero attached hydrogens (tertiary/aromatic N) is 2. The number of hydrogen-bond donors (Lipinski definition) is 0. The minimum atomic E-state index is 0.162. The van der Waals surface area contributed by atoms with Crippen LogP contribution in [-0.2, 0) is 22.4 Å². The van der Waals surface area contributed by atoms with Gasteiger partial charge < -0.3 is 14.5 Å². The summed E-state index contributed by atoms with van der Waals surface area (Å²) in [5.41, 5.74) is 2.26. The molecule has 24 heavy (non-hydrogen) atoms. The molecule has 5 heteroatoms. The lowest BCUT2D eigenvalue weighted by atomic mass is 10.1. The molecule has 0 bridgehead atoms. The topological polar surface area (TPSA) is 49.9 Å². The van der Waals surface area contributed by atoms with E-state index in [2.05, 4.69) is 6.07 Å². The second-order valence-electron chi connectivity index (χ2n) is 7.05. The highest BCUT2D eigenvalue weighted by atomic mass is 16.5. The molecule has 128 valence electrons. The van der Waals surface area contributed by atoms with Crippen LogP contribution in [0.2, 0.25) is 0 Å². The predicted molar refractivity (Wildman–Crippen MR) is 89.8 cm³/mol. The Morgan fingerprint density at radius 2 is 1.88 bits per heavy atom. The van der Waals surface area contributed by atoms with Crippen molar-refractivity contribution in [3.63, 3.8) is 0 Å². The fraction of sp³-hybridized carbons (Fsp3) is 0.579. The van der Waals surface area contributed by atoms with Crippen molar-refractivity contribution in [1.82, 2.24) is 9.80 Å². The Bertz CT molecular complexity index is 654. The lowest BCUT2D eigenvalue weighted by molar-refractivity contribution is -0.134. The Morgan fingerprint density at radius 3 is 2.71 bits per heavy atom. The highest BCUT2D eigenvalue weighted by Gasteiger charge is 2.34. The van der Waals surface area contributed by atoms with Crippen LogP contribution < -0.4 is 4.74 Å². The van der Waals surface area contributed by atoms with Gasteiger partial charge in [-0.25, -0.2) is 0 Å². The first kappa shape index (κ1) is 15.5. The van der Waals surface area contributed by atoms with Crippen LogP contribution in [-0.4, -0.2) is 54.4 Å². The number of hydrogen-bond acceptors (Lipinski definition) is 3. The summed E-state index contributed by atoms with van der Waals surface area (Å²) in [6.45, 7) is 3.62. The predicted octanol–water partition coefficient (Wildman–Crippen LogP) is 1.63. The fourth-order valence-corrected chi connectivity index (χ4v) is 3.61. The number of carbonyl (C=O) groups is 2. The maximum Gasteiger partial charge on any atom is 0.227 e. The average Bonchev–Trinajstić information content (AvgIpc) is 3.37. The molecule has 0 radical (unpaired) electrons. The van der Waals surface area contributed by atoms with E-state index in [4.69, 9.17) is 4.74 Å². The van der Waals surface area contributed by atoms with E-state index in [0.29, 0.717) is 25.4 Å². The summed E-state index contributed by atoms with van der Waals surface area (Å²) in [6, 6.07) is 6.06. The third kappa shape index (κ3) is 3.25. The van der Waals surface area contributed by atoms with Crippen molar-refractivity contribution in [1.29, 1.82) is 0 Å². The van der Waals surface area contributed by atoms with Gasteiger partial charge in [-0.15, -0.1) is 0 Å². The van der Waals surface area contributed by atoms with Gasteiger partial charge in [0.05, 0.1) is 13.0 Å². The van der Waals surface area contributed by atoms with Gasteiger partial charge in [-0.1, -0.05) is 12.1 Å². The van der Waals surface area contributed by atoms with Crippen molar-refractivity contribution in [2.75, 3.05) is 32.8 Å². The van der Waals surface area contributed by atoms with Gasteiger partial charge in [-0.05, 0) is 36.5 Å². The van der Waals surface area contributed by atoms with E-state index in [0.717, 1.165) is 56.7 Å². The van der Waals surface area contributed by atoms with Crippen LogP contribution in [0.15, 0.2) is 18.2 Å². The molecule has 1 saturated heterocycles. The summed E-state index contributed by atoms with van der Waals surface area (Å²) in [6.07, 6.45) is 4.32. The van der Waals surface area contributed by atoms with Crippen LogP contribution in [0.25, 0.3) is 0 Å². The monoisotopic (exact) mass is 328 g/mol. The minimum Gasteiger partial charge on any atom is -0.493 e. The van der Waals surface area contributed by atoms with E-state index in [1.54, 1.807) is 0 Å². The number of benzene rings is 1. The largest absolute Gasteiger partial charge is 0.493 e. The highest BCUT2D eigenvalue weighted by molar-refractivity contribution is 5.81. The molecule has 2 fully saturated rings. The quantitative estimate of drug-likeness (QED) is 0.847. The van der Waals surface area contributed by atoms with Gasteiger partial charge in [0.15, 0.2) is 0 Å². The van der Waals surface area contributed by atoms with E-state index in [1.165, 1.54) is 5.56 Å². The van der Waals surface area contributed by atoms with Crippen LogP contribution in [0.3, 0.4) is 0 Å². The van der Waals surface area contributed by atoms with Gasteiger partial charge in [-0.3, -0.25) is 9.59 Å². The Labute approximate surface area is 142 Å². The zero-order chi connectivity index (χ0) is 16.5. The van der Waals surface area contributed by atoms with Crippen molar-refractivity contribution < 1.29 is 14.3 Å². The highest BCUT2D eigenvalue weighted by Crippen LogP contribution is 2.31. The molecule has 0 N–H and O–H groups in total. The molecular formula is C19H24N2O3. The van der Waals surface area contributed by atoms with Gasteiger partial charge in [0.1, 0.15) is 5.75 Å². The summed E-state index contributed by atoms with van der Waals surface area (Å²) in [7, 11) is 0. The Kier molecular flexibility index (Phi) is 4.17. The van der Waals surface area contributed by atoms with Crippen LogP contribution in [0.1, 0.15) is 30.4 Å². The fourth-order valence-electron chi connectivity index (χ4n) is 3.61. The maximum absolute atomic E-state index is 12.6. The van der Waals surface area contributed by atoms with E-state index in [9.17, 15) is 9.59 Å². The minimum absolute atomic E-state index is 0.162. The van der Waals surface area contributed by atoms with Crippen molar-refractivity contribution in [3.8, 4) is 5.75 Å². The molecule has 0 aromatic heterocycles. The molecule has 0 spiro atoms. The number of rotatable bonds is 3. The molecule has 0 unspecified atom stereocenters. The van der Waals surface area contributed by atoms with Gasteiger partial charge in [0.25, 0.3) is 0 Å². The van der Waals surface area contributed by atoms with Gasteiger partial charge in [0, 0.05) is 38.5 Å². The molecule has 5 nitrogen and oxygen atoms in total. The number of ether oxygens (including phenoxy) is 1. The van der Waals surface area contributed by atoms with Crippen LogP contribution in [0, 0.1) is 5.92 Å². The number of carbonyl (C=O) groups excluding carboxylic acids is 2. The van der Waals surface area contributed by atoms with Crippen molar-refractivity contribution in [3.05, 3.63) is 29.3 Å². The van der Waals surface area contributed by atoms with Crippen molar-refractivity contribution in [2.24, 2.45) is 5.92 Å². The second kappa shape index (κ2) is 6.46. The summed E-state index contributed by atoms with van der Waals surface area (Å²) in [5, 5.41) is 0. The molecule has 0 atom stereocenters. The lowest BCUT2D eigenvalue weighted by Gasteiger charge is -2.22. The van der Waals surface area contributed by atoms with Crippen LogP contribution in [0.4, 0.5) is 0 Å². The second-order valence-corrected chi connectivity index (χ2v) is 7.05. The summed E-state index contributed by atoms with van der Waals surface area (Å²) in [4.78, 5) is 28.7. The van der Waals surface area contributed by atoms with Crippen molar-refractivity contribution >= 4 is 11.8 Å². The third-order valence-corrected chi connectivity index (χ3v) is 5.20. The van der Waals surface area contributed by atoms with Crippen LogP contribution in [0.5, 0.6) is 5.75 Å². The average molecular weight is 328 g/mol. The van der Waals surface area contributed by atoms with E-state index < -0.39 is 0 Å². The Balaban J connectivity index is 1.35. The lowest BCUT2D eigenvalue weighted by Crippen LogP contribution is -2.38. The molecular weight excluding hydrogens is 304 g/mol. The number of amides is 2. The van der Waals surface area contributed by atoms with Gasteiger partial charge in [-0.2, -0.15) is 0 Å². The Hall–Kier alpha value is -2.04. The van der Waals surface area contributed by atoms with Gasteiger partial charge in [0.2, 0.25) is 11.8 Å². The number of fused-ring (bicyclic) bond motifs is 1. The zero-order valence-electron chi connectivity index (χ0n) is 14.0. The van der Waals surface area contributed by atoms with Crippen LogP contribution >= 0.6 is 0 Å². The smallest absolute Gasteiger partial charge is 0.227 e. The van der Waals surface area contributed by atoms with E-state index in [1.807, 2.05) is 21.9 Å². The molecule has 4 rings (SSSR count). The van der Waals surface area contributed by atoms with E-state index in [-0.39, 0.29) is 11.8 Å². The molecule has 3 aliphatic rings. The zero-order valence-corrected chi connectivity index (χ0v) is 14.0. The first-order valence-corrected chi connectivity index (χ1v) is 9.02.